The molecule has 1 nitrogen and oxygen atoms in total. The van der Waals surface area contributed by atoms with Gasteiger partial charge in [0, 0.05) is 17.8 Å². The van der Waals surface area contributed by atoms with Gasteiger partial charge in [-0.05, 0) is 35.8 Å². The van der Waals surface area contributed by atoms with Gasteiger partial charge in [-0.15, -0.1) is 0 Å². The van der Waals surface area contributed by atoms with E-state index in [2.05, 4.69) is 67.6 Å². The fourth-order valence-electron chi connectivity index (χ4n) is 5.32. The van der Waals surface area contributed by atoms with Crippen molar-refractivity contribution < 1.29 is 4.79 Å². The number of hydrogen-bond acceptors (Lipinski definition) is 1. The molecule has 2 aliphatic rings. The summed E-state index contributed by atoms with van der Waals surface area (Å²) in [6, 6.07) is 21.6. The molecule has 2 aromatic rings. The van der Waals surface area contributed by atoms with Gasteiger partial charge in [-0.2, -0.15) is 0 Å². The van der Waals surface area contributed by atoms with E-state index in [1.165, 1.54) is 11.1 Å². The van der Waals surface area contributed by atoms with Crippen molar-refractivity contribution >= 4 is 5.78 Å². The molecule has 0 unspecified atom stereocenters. The molecule has 2 aromatic carbocycles. The number of hydrogen-bond donors (Lipinski definition) is 0. The van der Waals surface area contributed by atoms with E-state index in [1.54, 1.807) is 0 Å². The van der Waals surface area contributed by atoms with Crippen LogP contribution in [-0.4, -0.2) is 5.78 Å². The van der Waals surface area contributed by atoms with Crippen LogP contribution in [-0.2, 0) is 10.2 Å². The summed E-state index contributed by atoms with van der Waals surface area (Å²) in [5.41, 5.74) is 2.78. The Hall–Kier alpha value is -1.89. The van der Waals surface area contributed by atoms with Gasteiger partial charge in [0.1, 0.15) is 5.78 Å². The highest BCUT2D eigenvalue weighted by atomic mass is 16.1. The lowest BCUT2D eigenvalue weighted by Gasteiger charge is -2.63. The fourth-order valence-corrected chi connectivity index (χ4v) is 5.32. The van der Waals surface area contributed by atoms with Gasteiger partial charge in [-0.25, -0.2) is 0 Å². The first-order valence-corrected chi connectivity index (χ1v) is 8.38. The first-order chi connectivity index (χ1) is 10.7. The van der Waals surface area contributed by atoms with E-state index in [-0.39, 0.29) is 11.3 Å². The quantitative estimate of drug-likeness (QED) is 0.781. The van der Waals surface area contributed by atoms with Crippen LogP contribution in [0.2, 0.25) is 0 Å². The average Bonchev–Trinajstić information content (AvgIpc) is 2.55. The lowest BCUT2D eigenvalue weighted by Crippen LogP contribution is -2.62. The number of carbonyl (C=O) groups excluding carboxylic acids is 1. The molecule has 2 fully saturated rings. The topological polar surface area (TPSA) is 17.1 Å². The molecule has 0 saturated heterocycles. The third kappa shape index (κ3) is 1.75. The van der Waals surface area contributed by atoms with Crippen molar-refractivity contribution in [2.24, 2.45) is 11.8 Å². The maximum absolute atomic E-state index is 12.6. The zero-order valence-corrected chi connectivity index (χ0v) is 13.0. The molecule has 112 valence electrons. The molecule has 0 bridgehead atoms. The Kier molecular flexibility index (Phi) is 3.18. The zero-order chi connectivity index (χ0) is 15.2. The molecule has 0 amide bonds. The second kappa shape index (κ2) is 5.08. The molecular weight excluding hydrogens is 268 g/mol. The number of fused-ring (bicyclic) bond motifs is 1. The Morgan fingerprint density at radius 3 is 2.23 bits per heavy atom. The Morgan fingerprint density at radius 2 is 1.55 bits per heavy atom. The van der Waals surface area contributed by atoms with Crippen molar-refractivity contribution in [3.8, 4) is 0 Å². The third-order valence-electron chi connectivity index (χ3n) is 5.99. The lowest BCUT2D eigenvalue weighted by molar-refractivity contribution is -0.142. The van der Waals surface area contributed by atoms with Gasteiger partial charge in [0.2, 0.25) is 0 Å². The maximum Gasteiger partial charge on any atom is 0.137 e. The average molecular weight is 290 g/mol. The minimum atomic E-state index is 0.0252. The maximum atomic E-state index is 12.6. The highest BCUT2D eigenvalue weighted by Gasteiger charge is 2.64. The predicted molar refractivity (Wildman–Crippen MR) is 88.8 cm³/mol. The summed E-state index contributed by atoms with van der Waals surface area (Å²) >= 11 is 0. The highest BCUT2D eigenvalue weighted by molar-refractivity contribution is 5.86. The van der Waals surface area contributed by atoms with Crippen LogP contribution in [0.25, 0.3) is 0 Å². The van der Waals surface area contributed by atoms with E-state index in [9.17, 15) is 4.79 Å². The van der Waals surface area contributed by atoms with E-state index < -0.39 is 0 Å². The van der Waals surface area contributed by atoms with Crippen molar-refractivity contribution in [2.45, 2.75) is 37.5 Å². The number of benzene rings is 2. The number of carbonyl (C=O) groups is 1. The molecule has 2 saturated carbocycles. The molecule has 4 rings (SSSR count). The number of ketones is 1. The zero-order valence-electron chi connectivity index (χ0n) is 13.0. The van der Waals surface area contributed by atoms with Crippen molar-refractivity contribution in [1.82, 2.24) is 0 Å². The van der Waals surface area contributed by atoms with Gasteiger partial charge < -0.3 is 0 Å². The monoisotopic (exact) mass is 290 g/mol. The van der Waals surface area contributed by atoms with Crippen molar-refractivity contribution in [1.29, 1.82) is 0 Å². The van der Waals surface area contributed by atoms with Crippen LogP contribution >= 0.6 is 0 Å². The van der Waals surface area contributed by atoms with Crippen LogP contribution in [0.5, 0.6) is 0 Å². The van der Waals surface area contributed by atoms with Crippen molar-refractivity contribution in [3.63, 3.8) is 0 Å². The molecule has 2 aliphatic carbocycles. The molecule has 1 heteroatoms. The summed E-state index contributed by atoms with van der Waals surface area (Å²) in [6.45, 7) is 2.27. The molecule has 22 heavy (non-hydrogen) atoms. The Morgan fingerprint density at radius 1 is 0.909 bits per heavy atom. The molecule has 4 atom stereocenters. The summed E-state index contributed by atoms with van der Waals surface area (Å²) in [5.74, 6) is 1.59. The normalized spacial score (nSPS) is 33.9. The fraction of sp³-hybridized carbons (Fsp3) is 0.381. The van der Waals surface area contributed by atoms with Gasteiger partial charge in [0.25, 0.3) is 0 Å². The number of Topliss-reactive ketones (excluding diaryl/α,β-unsaturated/α-hetero) is 1. The van der Waals surface area contributed by atoms with Crippen LogP contribution in [0.15, 0.2) is 60.7 Å². The number of rotatable bonds is 2. The van der Waals surface area contributed by atoms with Gasteiger partial charge in [0.15, 0.2) is 0 Å². The minimum Gasteiger partial charge on any atom is -0.299 e. The van der Waals surface area contributed by atoms with Crippen molar-refractivity contribution in [3.05, 3.63) is 71.8 Å². The molecular formula is C21H22O. The smallest absolute Gasteiger partial charge is 0.137 e. The SMILES string of the molecule is C[C@@H]1[C@H]2C(=O)CCC[C@@]2(c2ccccc2)[C@H]1c1ccccc1. The Balaban J connectivity index is 1.86. The Labute approximate surface area is 132 Å². The summed E-state index contributed by atoms with van der Waals surface area (Å²) < 4.78 is 0. The van der Waals surface area contributed by atoms with E-state index in [0.29, 0.717) is 17.6 Å². The van der Waals surface area contributed by atoms with Crippen LogP contribution in [0.3, 0.4) is 0 Å². The van der Waals surface area contributed by atoms with Crippen LogP contribution in [0, 0.1) is 11.8 Å². The van der Waals surface area contributed by atoms with Gasteiger partial charge in [0.05, 0.1) is 0 Å². The minimum absolute atomic E-state index is 0.0252. The molecule has 0 N–H and O–H groups in total. The first-order valence-electron chi connectivity index (χ1n) is 8.38. The van der Waals surface area contributed by atoms with Gasteiger partial charge in [-0.3, -0.25) is 4.79 Å². The molecule has 0 aliphatic heterocycles. The lowest BCUT2D eigenvalue weighted by atomic mass is 9.39. The van der Waals surface area contributed by atoms with E-state index >= 15 is 0 Å². The largest absolute Gasteiger partial charge is 0.299 e. The van der Waals surface area contributed by atoms with Gasteiger partial charge >= 0.3 is 0 Å². The van der Waals surface area contributed by atoms with E-state index in [1.807, 2.05) is 0 Å². The standard InChI is InChI=1S/C21H22O/c1-15-19(16-9-4-2-5-10-16)21(17-11-6-3-7-12-17)14-8-13-18(22)20(15)21/h2-7,9-12,15,19-20H,8,13-14H2,1H3/t15-,19+,20-,21+/m0/s1. The van der Waals surface area contributed by atoms with Crippen LogP contribution < -0.4 is 0 Å². The van der Waals surface area contributed by atoms with Crippen LogP contribution in [0.1, 0.15) is 43.2 Å². The third-order valence-corrected chi connectivity index (χ3v) is 5.99. The molecule has 0 heterocycles. The van der Waals surface area contributed by atoms with E-state index in [4.69, 9.17) is 0 Å². The van der Waals surface area contributed by atoms with Crippen LogP contribution in [0.4, 0.5) is 0 Å². The second-order valence-corrected chi connectivity index (χ2v) is 6.95. The summed E-state index contributed by atoms with van der Waals surface area (Å²) in [5, 5.41) is 0. The second-order valence-electron chi connectivity index (χ2n) is 6.95. The molecule has 0 aromatic heterocycles. The summed E-state index contributed by atoms with van der Waals surface area (Å²) in [6.07, 6.45) is 2.93. The summed E-state index contributed by atoms with van der Waals surface area (Å²) in [7, 11) is 0. The first kappa shape index (κ1) is 13.8. The Bertz CT molecular complexity index is 676. The van der Waals surface area contributed by atoms with Crippen molar-refractivity contribution in [2.75, 3.05) is 0 Å². The molecule has 0 spiro atoms. The van der Waals surface area contributed by atoms with Gasteiger partial charge in [-0.1, -0.05) is 67.6 Å². The van der Waals surface area contributed by atoms with E-state index in [0.717, 1.165) is 19.3 Å². The highest BCUT2D eigenvalue weighted by Crippen LogP contribution is 2.66. The predicted octanol–water partition coefficient (Wildman–Crippen LogP) is 4.73. The summed E-state index contributed by atoms with van der Waals surface area (Å²) in [4.78, 5) is 12.6. The molecule has 0 radical (unpaired) electrons.